The number of hydrogen-bond acceptors (Lipinski definition) is 3. The van der Waals surface area contributed by atoms with Gasteiger partial charge in [-0.1, -0.05) is 41.5 Å². The minimum atomic E-state index is -0.0596. The molecule has 0 aromatic heterocycles. The average molecular weight is 369 g/mol. The molecule has 0 saturated heterocycles. The first-order valence-electron chi connectivity index (χ1n) is 6.47. The monoisotopic (exact) mass is 369 g/mol. The van der Waals surface area contributed by atoms with Crippen LogP contribution in [0.5, 0.6) is 0 Å². The van der Waals surface area contributed by atoms with Crippen LogP contribution in [-0.2, 0) is 9.53 Å². The number of carbonyl (C=O) groups is 1. The molecule has 0 aliphatic rings. The van der Waals surface area contributed by atoms with Crippen LogP contribution in [0.4, 0.5) is 0 Å². The van der Waals surface area contributed by atoms with Gasteiger partial charge in [0.25, 0.3) is 0 Å². The van der Waals surface area contributed by atoms with E-state index in [0.717, 1.165) is 13.0 Å². The predicted octanol–water partition coefficient (Wildman–Crippen LogP) is 3.91. The van der Waals surface area contributed by atoms with Crippen LogP contribution in [0.1, 0.15) is 48.0 Å². The molecule has 1 atom stereocenters. The van der Waals surface area contributed by atoms with E-state index in [4.69, 9.17) is 4.74 Å². The summed E-state index contributed by atoms with van der Waals surface area (Å²) in [7, 11) is 1.96. The van der Waals surface area contributed by atoms with E-state index in [-0.39, 0.29) is 22.7 Å². The number of likely N-dealkylation sites (N-methyl/N-ethyl adjacent to an activating group) is 1. The third-order valence-corrected chi connectivity index (χ3v) is 3.27. The zero-order valence-corrected chi connectivity index (χ0v) is 15.0. The van der Waals surface area contributed by atoms with E-state index < -0.39 is 0 Å². The summed E-state index contributed by atoms with van der Waals surface area (Å²) in [5.41, 5.74) is 0.0810. The number of nitrogens with zero attached hydrogens (tertiary/aromatic N) is 1. The smallest absolute Gasteiger partial charge is 0.309 e. The highest BCUT2D eigenvalue weighted by atomic mass is 127. The lowest BCUT2D eigenvalue weighted by molar-refractivity contribution is -0.154. The van der Waals surface area contributed by atoms with Crippen molar-refractivity contribution >= 4 is 28.8 Å². The van der Waals surface area contributed by atoms with Crippen molar-refractivity contribution in [3.63, 3.8) is 0 Å². The standard InChI is InChI=1S/C14H28INO2/c1-13(2,3)10-11(14(4,5)6)12(17)18-9-8-16(7)15/h11H,8-10H2,1-7H3. The van der Waals surface area contributed by atoms with Crippen LogP contribution < -0.4 is 0 Å². The molecule has 0 spiro atoms. The summed E-state index contributed by atoms with van der Waals surface area (Å²) < 4.78 is 7.39. The fraction of sp³-hybridized carbons (Fsp3) is 0.929. The fourth-order valence-corrected chi connectivity index (χ4v) is 1.93. The van der Waals surface area contributed by atoms with Crippen molar-refractivity contribution in [2.75, 3.05) is 20.2 Å². The lowest BCUT2D eigenvalue weighted by Crippen LogP contribution is -2.34. The Labute approximate surface area is 126 Å². The maximum absolute atomic E-state index is 12.2. The first-order valence-corrected chi connectivity index (χ1v) is 7.43. The minimum Gasteiger partial charge on any atom is -0.464 e. The average Bonchev–Trinajstić information content (AvgIpc) is 2.10. The highest BCUT2D eigenvalue weighted by molar-refractivity contribution is 14.1. The molecule has 0 amide bonds. The molecule has 0 rings (SSSR count). The number of ether oxygens (including phenoxy) is 1. The number of hydrogen-bond donors (Lipinski definition) is 0. The SMILES string of the molecule is CN(I)CCOC(=O)C(CC(C)(C)C)C(C)(C)C. The Morgan fingerprint density at radius 2 is 1.72 bits per heavy atom. The van der Waals surface area contributed by atoms with Crippen LogP contribution in [0.15, 0.2) is 0 Å². The Hall–Kier alpha value is 0.160. The van der Waals surface area contributed by atoms with Crippen LogP contribution in [-0.4, -0.2) is 29.3 Å². The molecule has 0 aromatic rings. The molecule has 108 valence electrons. The van der Waals surface area contributed by atoms with Crippen molar-refractivity contribution in [1.29, 1.82) is 0 Å². The summed E-state index contributed by atoms with van der Waals surface area (Å²) in [5, 5.41) is 0. The van der Waals surface area contributed by atoms with Crippen molar-refractivity contribution in [2.24, 2.45) is 16.7 Å². The molecule has 1 unspecified atom stereocenters. The number of halogens is 1. The second kappa shape index (κ2) is 7.08. The van der Waals surface area contributed by atoms with E-state index in [9.17, 15) is 4.79 Å². The Morgan fingerprint density at radius 3 is 2.06 bits per heavy atom. The first-order chi connectivity index (χ1) is 7.93. The Kier molecular flexibility index (Phi) is 7.14. The van der Waals surface area contributed by atoms with E-state index >= 15 is 0 Å². The van der Waals surface area contributed by atoms with Crippen LogP contribution >= 0.6 is 22.9 Å². The molecule has 0 aromatic carbocycles. The lowest BCUT2D eigenvalue weighted by Gasteiger charge is -2.33. The molecule has 0 saturated carbocycles. The topological polar surface area (TPSA) is 29.5 Å². The predicted molar refractivity (Wildman–Crippen MR) is 84.6 cm³/mol. The van der Waals surface area contributed by atoms with Crippen molar-refractivity contribution < 1.29 is 9.53 Å². The van der Waals surface area contributed by atoms with E-state index in [1.807, 2.05) is 10.2 Å². The largest absolute Gasteiger partial charge is 0.464 e. The molecule has 4 heteroatoms. The molecule has 0 heterocycles. The van der Waals surface area contributed by atoms with Crippen LogP contribution in [0.25, 0.3) is 0 Å². The van der Waals surface area contributed by atoms with Gasteiger partial charge in [-0.25, -0.2) is 3.11 Å². The highest BCUT2D eigenvalue weighted by Gasteiger charge is 2.35. The van der Waals surface area contributed by atoms with Gasteiger partial charge in [0.1, 0.15) is 6.61 Å². The van der Waals surface area contributed by atoms with Gasteiger partial charge in [0.2, 0.25) is 0 Å². The molecule has 0 aliphatic heterocycles. The van der Waals surface area contributed by atoms with Crippen LogP contribution in [0, 0.1) is 16.7 Å². The number of carbonyl (C=O) groups excluding carboxylic acids is 1. The van der Waals surface area contributed by atoms with Gasteiger partial charge in [-0.3, -0.25) is 4.79 Å². The Balaban J connectivity index is 4.53. The van der Waals surface area contributed by atoms with E-state index in [0.29, 0.717) is 6.61 Å². The van der Waals surface area contributed by atoms with Crippen molar-refractivity contribution in [3.8, 4) is 0 Å². The van der Waals surface area contributed by atoms with Crippen molar-refractivity contribution in [3.05, 3.63) is 0 Å². The molecule has 18 heavy (non-hydrogen) atoms. The van der Waals surface area contributed by atoms with Gasteiger partial charge in [-0.05, 0) is 24.3 Å². The molecule has 3 nitrogen and oxygen atoms in total. The molecule has 0 N–H and O–H groups in total. The normalized spacial score (nSPS) is 14.7. The summed E-state index contributed by atoms with van der Waals surface area (Å²) in [6.07, 6.45) is 0.857. The lowest BCUT2D eigenvalue weighted by atomic mass is 9.72. The second-order valence-corrected chi connectivity index (χ2v) is 8.83. The number of rotatable bonds is 5. The van der Waals surface area contributed by atoms with E-state index in [1.165, 1.54) is 0 Å². The number of esters is 1. The van der Waals surface area contributed by atoms with Gasteiger partial charge in [0.15, 0.2) is 0 Å². The van der Waals surface area contributed by atoms with Crippen molar-refractivity contribution in [1.82, 2.24) is 3.11 Å². The third kappa shape index (κ3) is 8.29. The fourth-order valence-electron chi connectivity index (χ4n) is 1.73. The van der Waals surface area contributed by atoms with Gasteiger partial charge >= 0.3 is 5.97 Å². The maximum Gasteiger partial charge on any atom is 0.309 e. The first kappa shape index (κ1) is 18.2. The molecule has 0 aliphatic carbocycles. The van der Waals surface area contributed by atoms with Crippen molar-refractivity contribution in [2.45, 2.75) is 48.0 Å². The van der Waals surface area contributed by atoms with Gasteiger partial charge in [-0.15, -0.1) is 0 Å². The van der Waals surface area contributed by atoms with Crippen LogP contribution in [0.3, 0.4) is 0 Å². The van der Waals surface area contributed by atoms with E-state index in [2.05, 4.69) is 64.4 Å². The van der Waals surface area contributed by atoms with Gasteiger partial charge in [0, 0.05) is 29.4 Å². The molecule has 0 bridgehead atoms. The zero-order valence-electron chi connectivity index (χ0n) is 12.8. The molecular weight excluding hydrogens is 341 g/mol. The zero-order chi connectivity index (χ0) is 14.6. The summed E-state index contributed by atoms with van der Waals surface area (Å²) >= 11 is 2.19. The molecular formula is C14H28INO2. The summed E-state index contributed by atoms with van der Waals surface area (Å²) in [4.78, 5) is 12.2. The van der Waals surface area contributed by atoms with E-state index in [1.54, 1.807) is 0 Å². The quantitative estimate of drug-likeness (QED) is 0.418. The van der Waals surface area contributed by atoms with Gasteiger partial charge < -0.3 is 4.74 Å². The second-order valence-electron chi connectivity index (χ2n) is 7.18. The summed E-state index contributed by atoms with van der Waals surface area (Å²) in [6.45, 7) is 14.0. The van der Waals surface area contributed by atoms with Crippen LogP contribution in [0.2, 0.25) is 0 Å². The summed E-state index contributed by atoms with van der Waals surface area (Å²) in [5.74, 6) is -0.104. The third-order valence-electron chi connectivity index (χ3n) is 2.79. The molecule has 0 fully saturated rings. The maximum atomic E-state index is 12.2. The Bertz CT molecular complexity index is 264. The van der Waals surface area contributed by atoms with Gasteiger partial charge in [-0.2, -0.15) is 0 Å². The van der Waals surface area contributed by atoms with Gasteiger partial charge in [0.05, 0.1) is 5.92 Å². The Morgan fingerprint density at radius 1 is 1.22 bits per heavy atom. The summed E-state index contributed by atoms with van der Waals surface area (Å²) in [6, 6.07) is 0. The highest BCUT2D eigenvalue weighted by Crippen LogP contribution is 2.36. The molecule has 0 radical (unpaired) electrons. The minimum absolute atomic E-state index is 0.0444.